The summed E-state index contributed by atoms with van der Waals surface area (Å²) in [4.78, 5) is 20.5. The first-order valence-electron chi connectivity index (χ1n) is 9.27. The summed E-state index contributed by atoms with van der Waals surface area (Å²) in [5.74, 6) is 1.52. The third kappa shape index (κ3) is 6.47. The maximum absolute atomic E-state index is 12.3. The Kier molecular flexibility index (Phi) is 7.41. The van der Waals surface area contributed by atoms with Gasteiger partial charge in [0.2, 0.25) is 5.91 Å². The molecule has 0 unspecified atom stereocenters. The summed E-state index contributed by atoms with van der Waals surface area (Å²) < 4.78 is 11.5. The number of pyridine rings is 2. The Morgan fingerprint density at radius 1 is 1.10 bits per heavy atom. The molecule has 0 aliphatic rings. The Labute approximate surface area is 174 Å². The fraction of sp³-hybridized carbons (Fsp3) is 0.227. The Morgan fingerprint density at radius 3 is 2.72 bits per heavy atom. The summed E-state index contributed by atoms with van der Waals surface area (Å²) in [6.07, 6.45) is 5.91. The quantitative estimate of drug-likeness (QED) is 0.511. The molecule has 2 aromatic heterocycles. The van der Waals surface area contributed by atoms with Crippen molar-refractivity contribution < 1.29 is 14.3 Å². The second kappa shape index (κ2) is 10.4. The minimum absolute atomic E-state index is 0.145. The molecule has 0 aliphatic heterocycles. The third-order valence-electron chi connectivity index (χ3n) is 4.12. The van der Waals surface area contributed by atoms with Crippen molar-refractivity contribution in [3.05, 3.63) is 77.2 Å². The van der Waals surface area contributed by atoms with Gasteiger partial charge in [-0.1, -0.05) is 11.6 Å². The van der Waals surface area contributed by atoms with E-state index in [2.05, 4.69) is 15.3 Å². The molecule has 1 amide bonds. The van der Waals surface area contributed by atoms with Gasteiger partial charge in [0.15, 0.2) is 11.6 Å². The minimum Gasteiger partial charge on any atom is -0.494 e. The molecule has 6 nitrogen and oxygen atoms in total. The van der Waals surface area contributed by atoms with Crippen molar-refractivity contribution in [1.29, 1.82) is 0 Å². The van der Waals surface area contributed by atoms with Crippen LogP contribution in [0.4, 0.5) is 5.82 Å². The molecule has 1 aromatic carbocycles. The van der Waals surface area contributed by atoms with Crippen molar-refractivity contribution in [2.75, 3.05) is 11.9 Å². The van der Waals surface area contributed by atoms with Crippen molar-refractivity contribution in [3.8, 4) is 11.5 Å². The number of carbonyl (C=O) groups excluding carboxylic acids is 1. The maximum atomic E-state index is 12.3. The predicted molar refractivity (Wildman–Crippen MR) is 112 cm³/mol. The highest BCUT2D eigenvalue weighted by atomic mass is 35.5. The maximum Gasteiger partial charge on any atom is 0.225 e. The molecule has 0 fully saturated rings. The van der Waals surface area contributed by atoms with Gasteiger partial charge in [-0.3, -0.25) is 9.78 Å². The average molecular weight is 412 g/mol. The SMILES string of the molecule is Cc1cc(OCCCC(=O)Nc2ncccc2OCc2ccncc2)ccc1Cl. The lowest BCUT2D eigenvalue weighted by Crippen LogP contribution is -2.14. The zero-order chi connectivity index (χ0) is 20.5. The molecule has 0 saturated carbocycles. The van der Waals surface area contributed by atoms with Crippen LogP contribution in [-0.2, 0) is 11.4 Å². The van der Waals surface area contributed by atoms with Crippen LogP contribution in [0.5, 0.6) is 11.5 Å². The van der Waals surface area contributed by atoms with Crippen LogP contribution in [-0.4, -0.2) is 22.5 Å². The van der Waals surface area contributed by atoms with Gasteiger partial charge >= 0.3 is 0 Å². The van der Waals surface area contributed by atoms with Gasteiger partial charge in [0.05, 0.1) is 6.61 Å². The van der Waals surface area contributed by atoms with Crippen molar-refractivity contribution in [2.24, 2.45) is 0 Å². The number of rotatable bonds is 9. The molecule has 0 atom stereocenters. The number of anilines is 1. The normalized spacial score (nSPS) is 10.4. The van der Waals surface area contributed by atoms with Crippen molar-refractivity contribution >= 4 is 23.3 Å². The first-order chi connectivity index (χ1) is 14.1. The van der Waals surface area contributed by atoms with Crippen LogP contribution in [0.15, 0.2) is 61.1 Å². The van der Waals surface area contributed by atoms with Gasteiger partial charge in [-0.25, -0.2) is 4.98 Å². The van der Waals surface area contributed by atoms with Gasteiger partial charge in [0.25, 0.3) is 0 Å². The topological polar surface area (TPSA) is 73.3 Å². The summed E-state index contributed by atoms with van der Waals surface area (Å²) in [5, 5.41) is 3.50. The summed E-state index contributed by atoms with van der Waals surface area (Å²) in [7, 11) is 0. The van der Waals surface area contributed by atoms with Crippen LogP contribution in [0.2, 0.25) is 5.02 Å². The number of benzene rings is 1. The molecule has 1 N–H and O–H groups in total. The number of hydrogen-bond donors (Lipinski definition) is 1. The monoisotopic (exact) mass is 411 g/mol. The van der Waals surface area contributed by atoms with Gasteiger partial charge in [-0.05, 0) is 66.9 Å². The number of hydrogen-bond acceptors (Lipinski definition) is 5. The molecule has 0 radical (unpaired) electrons. The molecule has 0 spiro atoms. The highest BCUT2D eigenvalue weighted by Crippen LogP contribution is 2.23. The van der Waals surface area contributed by atoms with Crippen LogP contribution in [0.25, 0.3) is 0 Å². The average Bonchev–Trinajstić information content (AvgIpc) is 2.74. The number of halogens is 1. The lowest BCUT2D eigenvalue weighted by Gasteiger charge is -2.12. The largest absolute Gasteiger partial charge is 0.494 e. The van der Waals surface area contributed by atoms with Crippen LogP contribution in [0, 0.1) is 6.92 Å². The molecule has 3 rings (SSSR count). The molecular formula is C22H22ClN3O3. The minimum atomic E-state index is -0.145. The Bertz CT molecular complexity index is 951. The number of aromatic nitrogens is 2. The predicted octanol–water partition coefficient (Wildman–Crippen LogP) is 4.82. The van der Waals surface area contributed by atoms with Crippen LogP contribution < -0.4 is 14.8 Å². The lowest BCUT2D eigenvalue weighted by atomic mass is 10.2. The molecule has 0 saturated heterocycles. The van der Waals surface area contributed by atoms with E-state index < -0.39 is 0 Å². The van der Waals surface area contributed by atoms with Crippen molar-refractivity contribution in [1.82, 2.24) is 9.97 Å². The van der Waals surface area contributed by atoms with Gasteiger partial charge in [-0.15, -0.1) is 0 Å². The highest BCUT2D eigenvalue weighted by Gasteiger charge is 2.09. The summed E-state index contributed by atoms with van der Waals surface area (Å²) in [6.45, 7) is 2.72. The van der Waals surface area contributed by atoms with Gasteiger partial charge in [-0.2, -0.15) is 0 Å². The Hall–Kier alpha value is -3.12. The second-order valence-electron chi connectivity index (χ2n) is 6.41. The molecule has 0 aliphatic carbocycles. The molecular weight excluding hydrogens is 390 g/mol. The Balaban J connectivity index is 1.45. The van der Waals surface area contributed by atoms with E-state index in [0.29, 0.717) is 42.6 Å². The van der Waals surface area contributed by atoms with E-state index in [1.807, 2.05) is 31.2 Å². The van der Waals surface area contributed by atoms with E-state index in [1.165, 1.54) is 0 Å². The summed E-state index contributed by atoms with van der Waals surface area (Å²) in [5.41, 5.74) is 1.94. The number of nitrogens with zero attached hydrogens (tertiary/aromatic N) is 2. The van der Waals surface area contributed by atoms with Gasteiger partial charge < -0.3 is 14.8 Å². The Morgan fingerprint density at radius 2 is 1.93 bits per heavy atom. The van der Waals surface area contributed by atoms with Crippen molar-refractivity contribution in [3.63, 3.8) is 0 Å². The number of ether oxygens (including phenoxy) is 2. The zero-order valence-corrected chi connectivity index (χ0v) is 16.9. The molecule has 2 heterocycles. The highest BCUT2D eigenvalue weighted by molar-refractivity contribution is 6.31. The fourth-order valence-electron chi connectivity index (χ4n) is 2.57. The number of amides is 1. The fourth-order valence-corrected chi connectivity index (χ4v) is 2.68. The van der Waals surface area contributed by atoms with Crippen LogP contribution in [0.3, 0.4) is 0 Å². The van der Waals surface area contributed by atoms with E-state index in [9.17, 15) is 4.79 Å². The number of aryl methyl sites for hydroxylation is 1. The third-order valence-corrected chi connectivity index (χ3v) is 4.54. The summed E-state index contributed by atoms with van der Waals surface area (Å²) >= 11 is 6.00. The number of nitrogens with one attached hydrogen (secondary N) is 1. The zero-order valence-electron chi connectivity index (χ0n) is 16.1. The summed E-state index contributed by atoms with van der Waals surface area (Å²) in [6, 6.07) is 12.8. The van der Waals surface area contributed by atoms with E-state index >= 15 is 0 Å². The molecule has 3 aromatic rings. The first kappa shape index (κ1) is 20.6. The lowest BCUT2D eigenvalue weighted by molar-refractivity contribution is -0.116. The molecule has 7 heteroatoms. The van der Waals surface area contributed by atoms with E-state index in [-0.39, 0.29) is 5.91 Å². The van der Waals surface area contributed by atoms with Gasteiger partial charge in [0, 0.05) is 30.0 Å². The smallest absolute Gasteiger partial charge is 0.225 e. The van der Waals surface area contributed by atoms with Crippen LogP contribution >= 0.6 is 11.6 Å². The molecule has 29 heavy (non-hydrogen) atoms. The van der Waals surface area contributed by atoms with E-state index in [0.717, 1.165) is 16.9 Å². The molecule has 0 bridgehead atoms. The second-order valence-corrected chi connectivity index (χ2v) is 6.81. The van der Waals surface area contributed by atoms with Crippen LogP contribution in [0.1, 0.15) is 24.0 Å². The first-order valence-corrected chi connectivity index (χ1v) is 9.65. The van der Waals surface area contributed by atoms with Gasteiger partial charge in [0.1, 0.15) is 12.4 Å². The van der Waals surface area contributed by atoms with Crippen molar-refractivity contribution in [2.45, 2.75) is 26.4 Å². The standard InChI is InChI=1S/C22H22ClN3O3/c1-16-14-18(6-7-19(16)23)28-13-3-5-21(27)26-22-20(4-2-10-25-22)29-15-17-8-11-24-12-9-17/h2,4,6-12,14H,3,5,13,15H2,1H3,(H,25,26,27). The molecule has 150 valence electrons. The van der Waals surface area contributed by atoms with E-state index in [1.54, 1.807) is 36.8 Å². The number of carbonyl (C=O) groups is 1. The van der Waals surface area contributed by atoms with E-state index in [4.69, 9.17) is 21.1 Å².